The number of sulfone groups is 1. The van der Waals surface area contributed by atoms with Crippen LogP contribution in [0.3, 0.4) is 0 Å². The van der Waals surface area contributed by atoms with Crippen molar-refractivity contribution in [3.05, 3.63) is 53.3 Å². The van der Waals surface area contributed by atoms with Gasteiger partial charge in [0.05, 0.1) is 32.5 Å². The van der Waals surface area contributed by atoms with Crippen LogP contribution in [0.2, 0.25) is 0 Å². The highest BCUT2D eigenvalue weighted by Crippen LogP contribution is 2.42. The van der Waals surface area contributed by atoms with Gasteiger partial charge in [-0.1, -0.05) is 12.1 Å². The molecule has 9 heteroatoms. The summed E-state index contributed by atoms with van der Waals surface area (Å²) in [6, 6.07) is 9.59. The minimum Gasteiger partial charge on any atom is -0.493 e. The Balaban J connectivity index is 1.88. The molecule has 1 aliphatic rings. The van der Waals surface area contributed by atoms with Crippen molar-refractivity contribution in [1.82, 2.24) is 4.90 Å². The van der Waals surface area contributed by atoms with Crippen molar-refractivity contribution in [3.63, 3.8) is 0 Å². The topological polar surface area (TPSA) is 82.1 Å². The lowest BCUT2D eigenvalue weighted by Crippen LogP contribution is -2.37. The molecule has 3 rings (SSSR count). The molecule has 1 aliphatic heterocycles. The molecular weight excluding hydrogens is 449 g/mol. The quantitative estimate of drug-likeness (QED) is 0.520. The summed E-state index contributed by atoms with van der Waals surface area (Å²) >= 11 is 0. The molecule has 0 radical (unpaired) electrons. The van der Waals surface area contributed by atoms with Crippen LogP contribution < -0.4 is 14.2 Å². The van der Waals surface area contributed by atoms with Crippen LogP contribution >= 0.6 is 0 Å². The molecule has 0 N–H and O–H groups in total. The first-order valence-corrected chi connectivity index (χ1v) is 12.7. The fourth-order valence-electron chi connectivity index (χ4n) is 4.35. The Bertz CT molecular complexity index is 1080. The van der Waals surface area contributed by atoms with E-state index >= 15 is 0 Å². The number of nitrogens with zero attached hydrogens (tertiary/aromatic N) is 1. The van der Waals surface area contributed by atoms with E-state index in [1.165, 1.54) is 39.7 Å². The van der Waals surface area contributed by atoms with E-state index in [1.807, 2.05) is 0 Å². The maximum absolute atomic E-state index is 13.6. The van der Waals surface area contributed by atoms with Crippen LogP contribution in [0.25, 0.3) is 0 Å². The van der Waals surface area contributed by atoms with Gasteiger partial charge >= 0.3 is 0 Å². The Morgan fingerprint density at radius 1 is 1.00 bits per heavy atom. The second-order valence-corrected chi connectivity index (χ2v) is 10.7. The monoisotopic (exact) mass is 479 g/mol. The fourth-order valence-corrected chi connectivity index (χ4v) is 5.11. The second kappa shape index (κ2) is 9.99. The zero-order valence-corrected chi connectivity index (χ0v) is 20.2. The molecule has 0 saturated carbocycles. The van der Waals surface area contributed by atoms with Gasteiger partial charge in [0.1, 0.15) is 15.7 Å². The molecule has 0 aliphatic carbocycles. The van der Waals surface area contributed by atoms with Gasteiger partial charge in [0.15, 0.2) is 11.5 Å². The molecule has 7 nitrogen and oxygen atoms in total. The highest BCUT2D eigenvalue weighted by atomic mass is 32.2. The molecule has 1 heterocycles. The van der Waals surface area contributed by atoms with Gasteiger partial charge in [-0.15, -0.1) is 0 Å². The first-order chi connectivity index (χ1) is 15.6. The molecule has 33 heavy (non-hydrogen) atoms. The number of hydrogen-bond donors (Lipinski definition) is 0. The summed E-state index contributed by atoms with van der Waals surface area (Å²) in [6.45, 7) is 0.806. The summed E-state index contributed by atoms with van der Waals surface area (Å²) < 4.78 is 53.3. The van der Waals surface area contributed by atoms with E-state index in [2.05, 4.69) is 0 Å². The Kier molecular flexibility index (Phi) is 7.51. The van der Waals surface area contributed by atoms with E-state index in [0.717, 1.165) is 11.1 Å². The smallest absolute Gasteiger partial charge is 0.229 e. The lowest BCUT2D eigenvalue weighted by molar-refractivity contribution is -0.136. The van der Waals surface area contributed by atoms with Crippen molar-refractivity contribution >= 4 is 15.7 Å². The van der Waals surface area contributed by atoms with Crippen LogP contribution in [-0.2, 0) is 27.6 Å². The molecule has 180 valence electrons. The molecule has 1 amide bonds. The Labute approximate surface area is 194 Å². The van der Waals surface area contributed by atoms with E-state index in [-0.39, 0.29) is 23.9 Å². The molecule has 2 aromatic carbocycles. The third-order valence-electron chi connectivity index (χ3n) is 6.11. The van der Waals surface area contributed by atoms with Crippen molar-refractivity contribution in [2.45, 2.75) is 25.8 Å². The zero-order chi connectivity index (χ0) is 24.2. The fraction of sp³-hybridized carbons (Fsp3) is 0.458. The summed E-state index contributed by atoms with van der Waals surface area (Å²) in [5, 5.41) is 0. The van der Waals surface area contributed by atoms with E-state index in [0.29, 0.717) is 43.2 Å². The third-order valence-corrected chi connectivity index (χ3v) is 7.05. The number of likely N-dealkylation sites (tertiary alicyclic amines) is 1. The molecule has 0 spiro atoms. The summed E-state index contributed by atoms with van der Waals surface area (Å²) in [6.07, 6.45) is 2.26. The van der Waals surface area contributed by atoms with Gasteiger partial charge in [-0.25, -0.2) is 12.8 Å². The van der Waals surface area contributed by atoms with Crippen LogP contribution in [0, 0.1) is 11.2 Å². The first kappa shape index (κ1) is 24.8. The summed E-state index contributed by atoms with van der Waals surface area (Å²) in [5.74, 6) is 0.907. The molecule has 1 fully saturated rings. The second-order valence-electron chi connectivity index (χ2n) is 8.47. The predicted molar refractivity (Wildman–Crippen MR) is 123 cm³/mol. The number of carbonyl (C=O) groups is 1. The molecule has 0 aromatic heterocycles. The van der Waals surface area contributed by atoms with E-state index in [1.54, 1.807) is 29.2 Å². The highest BCUT2D eigenvalue weighted by molar-refractivity contribution is 7.90. The Morgan fingerprint density at radius 3 is 2.12 bits per heavy atom. The molecule has 1 unspecified atom stereocenters. The van der Waals surface area contributed by atoms with E-state index in [9.17, 15) is 17.6 Å². The van der Waals surface area contributed by atoms with Gasteiger partial charge in [-0.2, -0.15) is 0 Å². The Hall–Kier alpha value is -2.81. The third kappa shape index (κ3) is 5.76. The predicted octanol–water partition coefficient (Wildman–Crippen LogP) is 3.25. The number of benzene rings is 2. The van der Waals surface area contributed by atoms with Crippen LogP contribution in [0.1, 0.15) is 24.0 Å². The maximum Gasteiger partial charge on any atom is 0.229 e. The average molecular weight is 480 g/mol. The van der Waals surface area contributed by atoms with Gasteiger partial charge in [0, 0.05) is 19.3 Å². The van der Waals surface area contributed by atoms with E-state index in [4.69, 9.17) is 14.2 Å². The van der Waals surface area contributed by atoms with Crippen molar-refractivity contribution in [3.8, 4) is 17.2 Å². The average Bonchev–Trinajstić information content (AvgIpc) is 3.08. The maximum atomic E-state index is 13.6. The van der Waals surface area contributed by atoms with Crippen molar-refractivity contribution in [2.75, 3.05) is 39.9 Å². The van der Waals surface area contributed by atoms with Crippen LogP contribution in [0.15, 0.2) is 36.4 Å². The van der Waals surface area contributed by atoms with Gasteiger partial charge in [-0.05, 0) is 54.7 Å². The minimum absolute atomic E-state index is 0.0854. The first-order valence-electron chi connectivity index (χ1n) is 10.6. The molecule has 1 atom stereocenters. The van der Waals surface area contributed by atoms with Gasteiger partial charge in [-0.3, -0.25) is 4.79 Å². The number of ether oxygens (including phenoxy) is 3. The van der Waals surface area contributed by atoms with Gasteiger partial charge in [0.2, 0.25) is 11.7 Å². The number of hydrogen-bond acceptors (Lipinski definition) is 6. The van der Waals surface area contributed by atoms with Crippen molar-refractivity contribution in [1.29, 1.82) is 0 Å². The van der Waals surface area contributed by atoms with Crippen LogP contribution in [-0.4, -0.2) is 59.1 Å². The van der Waals surface area contributed by atoms with Crippen LogP contribution in [0.4, 0.5) is 4.39 Å². The normalized spacial score (nSPS) is 18.5. The largest absolute Gasteiger partial charge is 0.493 e. The Morgan fingerprint density at radius 2 is 1.61 bits per heavy atom. The highest BCUT2D eigenvalue weighted by Gasteiger charge is 2.46. The van der Waals surface area contributed by atoms with Crippen LogP contribution in [0.5, 0.6) is 17.2 Å². The number of methoxy groups -OCH3 is 3. The van der Waals surface area contributed by atoms with Gasteiger partial charge < -0.3 is 19.1 Å². The molecular formula is C24H30FNO6S. The molecule has 0 bridgehead atoms. The summed E-state index contributed by atoms with van der Waals surface area (Å²) in [5.41, 5.74) is 0.744. The number of amides is 1. The SMILES string of the molecule is COc1cc(CN2CCC(CCS(C)(=O)=O)(Cc3ccc(F)cc3)C2=O)cc(OC)c1OC. The van der Waals surface area contributed by atoms with E-state index < -0.39 is 15.3 Å². The standard InChI is InChI=1S/C24H30FNO6S/c1-30-20-13-18(14-21(31-2)22(20)32-3)16-26-11-9-24(23(26)27,10-12-33(4,28)29)15-17-5-7-19(25)8-6-17/h5-8,13-14H,9-12,15-16H2,1-4H3. The molecule has 1 saturated heterocycles. The number of halogens is 1. The minimum atomic E-state index is -3.25. The summed E-state index contributed by atoms with van der Waals surface area (Å²) in [7, 11) is 1.33. The van der Waals surface area contributed by atoms with Crippen molar-refractivity contribution in [2.24, 2.45) is 5.41 Å². The number of carbonyl (C=O) groups excluding carboxylic acids is 1. The van der Waals surface area contributed by atoms with Gasteiger partial charge in [0.25, 0.3) is 0 Å². The lowest BCUT2D eigenvalue weighted by atomic mass is 9.78. The zero-order valence-electron chi connectivity index (χ0n) is 19.4. The molecule has 2 aromatic rings. The number of rotatable bonds is 10. The summed E-state index contributed by atoms with van der Waals surface area (Å²) in [4.78, 5) is 15.4. The van der Waals surface area contributed by atoms with Crippen molar-refractivity contribution < 1.29 is 31.8 Å². The lowest BCUT2D eigenvalue weighted by Gasteiger charge is -2.28.